The third-order valence-corrected chi connectivity index (χ3v) is 3.03. The Labute approximate surface area is 119 Å². The van der Waals surface area contributed by atoms with E-state index < -0.39 is 0 Å². The van der Waals surface area contributed by atoms with Gasteiger partial charge in [0.15, 0.2) is 0 Å². The standard InChI is InChI=1S/C16H19N3O/c1-12(2)15(13-7-4-3-5-8-13)19-16(20)18-14-9-6-10-17-11-14/h3-12,15H,1-2H3,(H2,18,19,20). The highest BCUT2D eigenvalue weighted by molar-refractivity contribution is 5.89. The molecule has 0 aliphatic rings. The van der Waals surface area contributed by atoms with E-state index in [0.717, 1.165) is 5.56 Å². The number of urea groups is 1. The lowest BCUT2D eigenvalue weighted by Gasteiger charge is -2.23. The van der Waals surface area contributed by atoms with E-state index in [2.05, 4.69) is 29.5 Å². The Balaban J connectivity index is 2.04. The zero-order chi connectivity index (χ0) is 14.4. The van der Waals surface area contributed by atoms with Gasteiger partial charge in [0, 0.05) is 6.20 Å². The molecule has 1 heterocycles. The van der Waals surface area contributed by atoms with Crippen LogP contribution in [0.15, 0.2) is 54.9 Å². The maximum Gasteiger partial charge on any atom is 0.319 e. The molecule has 0 radical (unpaired) electrons. The van der Waals surface area contributed by atoms with Gasteiger partial charge in [0.05, 0.1) is 17.9 Å². The molecule has 2 rings (SSSR count). The van der Waals surface area contributed by atoms with Crippen LogP contribution in [0, 0.1) is 5.92 Å². The fraction of sp³-hybridized carbons (Fsp3) is 0.250. The van der Waals surface area contributed by atoms with Crippen molar-refractivity contribution in [2.45, 2.75) is 19.9 Å². The summed E-state index contributed by atoms with van der Waals surface area (Å²) in [6.07, 6.45) is 3.29. The molecule has 4 nitrogen and oxygen atoms in total. The topological polar surface area (TPSA) is 54.0 Å². The Morgan fingerprint density at radius 2 is 1.85 bits per heavy atom. The minimum Gasteiger partial charge on any atom is -0.331 e. The number of rotatable bonds is 4. The maximum atomic E-state index is 12.1. The molecule has 4 heteroatoms. The molecular weight excluding hydrogens is 250 g/mol. The molecule has 2 aromatic rings. The fourth-order valence-corrected chi connectivity index (χ4v) is 2.04. The quantitative estimate of drug-likeness (QED) is 0.891. The van der Waals surface area contributed by atoms with Crippen molar-refractivity contribution >= 4 is 11.7 Å². The van der Waals surface area contributed by atoms with Gasteiger partial charge in [-0.3, -0.25) is 4.98 Å². The van der Waals surface area contributed by atoms with Crippen molar-refractivity contribution in [3.63, 3.8) is 0 Å². The molecule has 0 spiro atoms. The second kappa shape index (κ2) is 6.70. The van der Waals surface area contributed by atoms with E-state index in [1.54, 1.807) is 24.5 Å². The Morgan fingerprint density at radius 3 is 2.45 bits per heavy atom. The van der Waals surface area contributed by atoms with Crippen molar-refractivity contribution in [1.82, 2.24) is 10.3 Å². The van der Waals surface area contributed by atoms with Crippen molar-refractivity contribution in [3.8, 4) is 0 Å². The van der Waals surface area contributed by atoms with Crippen LogP contribution in [0.3, 0.4) is 0 Å². The number of benzene rings is 1. The van der Waals surface area contributed by atoms with Gasteiger partial charge in [0.2, 0.25) is 0 Å². The number of amides is 2. The van der Waals surface area contributed by atoms with E-state index in [1.165, 1.54) is 0 Å². The van der Waals surface area contributed by atoms with Crippen molar-refractivity contribution in [2.75, 3.05) is 5.32 Å². The lowest BCUT2D eigenvalue weighted by molar-refractivity contribution is 0.244. The predicted molar refractivity (Wildman–Crippen MR) is 80.4 cm³/mol. The predicted octanol–water partition coefficient (Wildman–Crippen LogP) is 3.60. The summed E-state index contributed by atoms with van der Waals surface area (Å²) in [6, 6.07) is 13.3. The third-order valence-electron chi connectivity index (χ3n) is 3.03. The normalized spacial score (nSPS) is 11.9. The Kier molecular flexibility index (Phi) is 4.71. The minimum absolute atomic E-state index is 0.0205. The highest BCUT2D eigenvalue weighted by Gasteiger charge is 2.17. The van der Waals surface area contributed by atoms with Gasteiger partial charge < -0.3 is 10.6 Å². The molecule has 0 saturated carbocycles. The van der Waals surface area contributed by atoms with Gasteiger partial charge in [-0.25, -0.2) is 4.79 Å². The van der Waals surface area contributed by atoms with Gasteiger partial charge >= 0.3 is 6.03 Å². The molecule has 0 aliphatic heterocycles. The van der Waals surface area contributed by atoms with E-state index in [9.17, 15) is 4.79 Å². The van der Waals surface area contributed by atoms with Crippen LogP contribution in [0.25, 0.3) is 0 Å². The lowest BCUT2D eigenvalue weighted by Crippen LogP contribution is -2.35. The van der Waals surface area contributed by atoms with Gasteiger partial charge in [0.1, 0.15) is 0 Å². The summed E-state index contributed by atoms with van der Waals surface area (Å²) in [5, 5.41) is 5.79. The largest absolute Gasteiger partial charge is 0.331 e. The van der Waals surface area contributed by atoms with Crippen LogP contribution in [0.4, 0.5) is 10.5 Å². The summed E-state index contributed by atoms with van der Waals surface area (Å²) in [5.74, 6) is 0.303. The summed E-state index contributed by atoms with van der Waals surface area (Å²) in [5.41, 5.74) is 1.78. The fourth-order valence-electron chi connectivity index (χ4n) is 2.04. The van der Waals surface area contributed by atoms with Crippen LogP contribution in [-0.4, -0.2) is 11.0 Å². The highest BCUT2D eigenvalue weighted by atomic mass is 16.2. The van der Waals surface area contributed by atoms with Crippen molar-refractivity contribution in [2.24, 2.45) is 5.92 Å². The van der Waals surface area contributed by atoms with E-state index in [4.69, 9.17) is 0 Å². The first-order valence-electron chi connectivity index (χ1n) is 6.69. The summed E-state index contributed by atoms with van der Waals surface area (Å²) in [7, 11) is 0. The first kappa shape index (κ1) is 14.1. The molecule has 1 aromatic heterocycles. The number of nitrogens with one attached hydrogen (secondary N) is 2. The summed E-state index contributed by atoms with van der Waals surface area (Å²) in [6.45, 7) is 4.17. The van der Waals surface area contributed by atoms with Crippen LogP contribution in [-0.2, 0) is 0 Å². The monoisotopic (exact) mass is 269 g/mol. The van der Waals surface area contributed by atoms with Gasteiger partial charge in [-0.1, -0.05) is 44.2 Å². The van der Waals surface area contributed by atoms with Crippen molar-refractivity contribution in [3.05, 3.63) is 60.4 Å². The van der Waals surface area contributed by atoms with Crippen molar-refractivity contribution in [1.29, 1.82) is 0 Å². The number of carbonyl (C=O) groups is 1. The molecule has 0 fully saturated rings. The Bertz CT molecular complexity index is 540. The first-order valence-corrected chi connectivity index (χ1v) is 6.69. The molecule has 0 saturated heterocycles. The van der Waals surface area contributed by atoms with Crippen molar-refractivity contribution < 1.29 is 4.79 Å². The van der Waals surface area contributed by atoms with Gasteiger partial charge in [0.25, 0.3) is 0 Å². The average molecular weight is 269 g/mol. The molecule has 2 N–H and O–H groups in total. The lowest BCUT2D eigenvalue weighted by atomic mass is 9.96. The van der Waals surface area contributed by atoms with E-state index in [0.29, 0.717) is 11.6 Å². The SMILES string of the molecule is CC(C)C(NC(=O)Nc1cccnc1)c1ccccc1. The molecule has 1 aromatic carbocycles. The van der Waals surface area contributed by atoms with Crippen LogP contribution >= 0.6 is 0 Å². The molecule has 1 unspecified atom stereocenters. The highest BCUT2D eigenvalue weighted by Crippen LogP contribution is 2.21. The number of carbonyl (C=O) groups excluding carboxylic acids is 1. The number of nitrogens with zero attached hydrogens (tertiary/aromatic N) is 1. The molecule has 0 aliphatic carbocycles. The Hall–Kier alpha value is -2.36. The number of hydrogen-bond acceptors (Lipinski definition) is 2. The molecular formula is C16H19N3O. The summed E-state index contributed by atoms with van der Waals surface area (Å²) in [4.78, 5) is 16.0. The third kappa shape index (κ3) is 3.82. The first-order chi connectivity index (χ1) is 9.66. The molecule has 20 heavy (non-hydrogen) atoms. The van der Waals surface area contributed by atoms with E-state index >= 15 is 0 Å². The second-order valence-corrected chi connectivity index (χ2v) is 4.97. The van der Waals surface area contributed by atoms with Crippen LogP contribution in [0.1, 0.15) is 25.5 Å². The zero-order valence-electron chi connectivity index (χ0n) is 11.7. The number of anilines is 1. The second-order valence-electron chi connectivity index (χ2n) is 4.97. The summed E-state index contributed by atoms with van der Waals surface area (Å²) < 4.78 is 0. The maximum absolute atomic E-state index is 12.1. The van der Waals surface area contributed by atoms with Crippen LogP contribution in [0.2, 0.25) is 0 Å². The smallest absolute Gasteiger partial charge is 0.319 e. The molecule has 104 valence electrons. The van der Waals surface area contributed by atoms with Crippen LogP contribution in [0.5, 0.6) is 0 Å². The minimum atomic E-state index is -0.222. The zero-order valence-corrected chi connectivity index (χ0v) is 11.7. The van der Waals surface area contributed by atoms with E-state index in [1.807, 2.05) is 30.3 Å². The number of aromatic nitrogens is 1. The average Bonchev–Trinajstić information content (AvgIpc) is 2.46. The van der Waals surface area contributed by atoms with Gasteiger partial charge in [-0.2, -0.15) is 0 Å². The van der Waals surface area contributed by atoms with Gasteiger partial charge in [-0.05, 0) is 23.6 Å². The number of hydrogen-bond donors (Lipinski definition) is 2. The Morgan fingerprint density at radius 1 is 1.10 bits per heavy atom. The van der Waals surface area contributed by atoms with Gasteiger partial charge in [-0.15, -0.1) is 0 Å². The molecule has 0 bridgehead atoms. The molecule has 2 amide bonds. The number of pyridine rings is 1. The van der Waals surface area contributed by atoms with Crippen LogP contribution < -0.4 is 10.6 Å². The van der Waals surface area contributed by atoms with E-state index in [-0.39, 0.29) is 12.1 Å². The summed E-state index contributed by atoms with van der Waals surface area (Å²) >= 11 is 0. The molecule has 1 atom stereocenters.